The third kappa shape index (κ3) is 4.95. The van der Waals surface area contributed by atoms with Crippen molar-refractivity contribution in [2.45, 2.75) is 46.3 Å². The molecule has 0 fully saturated rings. The van der Waals surface area contributed by atoms with Crippen LogP contribution in [0.2, 0.25) is 0 Å². The van der Waals surface area contributed by atoms with Gasteiger partial charge >= 0.3 is 6.18 Å². The molecule has 0 aromatic carbocycles. The van der Waals surface area contributed by atoms with Crippen molar-refractivity contribution in [2.75, 3.05) is 0 Å². The van der Waals surface area contributed by atoms with Gasteiger partial charge in [0, 0.05) is 11.9 Å². The van der Waals surface area contributed by atoms with Crippen molar-refractivity contribution in [3.63, 3.8) is 0 Å². The summed E-state index contributed by atoms with van der Waals surface area (Å²) in [6.45, 7) is 7.14. The van der Waals surface area contributed by atoms with E-state index in [1.165, 1.54) is 21.6 Å². The van der Waals surface area contributed by atoms with Crippen molar-refractivity contribution in [1.82, 2.24) is 35.4 Å². The van der Waals surface area contributed by atoms with Crippen LogP contribution in [0.15, 0.2) is 30.6 Å². The fraction of sp³-hybridized carbons (Fsp3) is 0.350. The molecular weight excluding hydrogens is 427 g/mol. The molecule has 0 atom stereocenters. The van der Waals surface area contributed by atoms with Crippen LogP contribution in [0.5, 0.6) is 0 Å². The number of pyridine rings is 1. The second-order valence-corrected chi connectivity index (χ2v) is 7.50. The summed E-state index contributed by atoms with van der Waals surface area (Å²) < 4.78 is 41.2. The van der Waals surface area contributed by atoms with Gasteiger partial charge in [0.25, 0.3) is 11.8 Å². The zero-order valence-corrected chi connectivity index (χ0v) is 17.9. The number of halogens is 3. The molecule has 12 heteroatoms. The molecule has 0 saturated heterocycles. The minimum atomic E-state index is -4.51. The molecular formula is C20H22F3N7O2. The van der Waals surface area contributed by atoms with Crippen molar-refractivity contribution in [3.8, 4) is 5.82 Å². The lowest BCUT2D eigenvalue weighted by atomic mass is 10.1. The van der Waals surface area contributed by atoms with Gasteiger partial charge in [0.15, 0.2) is 5.82 Å². The maximum atomic E-state index is 12.8. The zero-order valence-electron chi connectivity index (χ0n) is 17.9. The second-order valence-electron chi connectivity index (χ2n) is 7.50. The molecule has 3 aromatic rings. The number of hydrazine groups is 1. The van der Waals surface area contributed by atoms with Crippen molar-refractivity contribution in [2.24, 2.45) is 0 Å². The first-order valence-electron chi connectivity index (χ1n) is 9.69. The molecule has 3 aromatic heterocycles. The van der Waals surface area contributed by atoms with E-state index in [-0.39, 0.29) is 23.8 Å². The Hall–Kier alpha value is -3.70. The number of nitrogens with zero attached hydrogens (tertiary/aromatic N) is 5. The molecule has 32 heavy (non-hydrogen) atoms. The third-order valence-electron chi connectivity index (χ3n) is 4.60. The minimum Gasteiger partial charge on any atom is -0.271 e. The first-order valence-corrected chi connectivity index (χ1v) is 9.69. The Bertz CT molecular complexity index is 1130. The lowest BCUT2D eigenvalue weighted by Crippen LogP contribution is -2.43. The fourth-order valence-electron chi connectivity index (χ4n) is 3.15. The number of amides is 2. The number of carbonyl (C=O) groups is 2. The molecule has 0 unspecified atom stereocenters. The molecule has 2 N–H and O–H groups in total. The number of rotatable bonds is 5. The first-order chi connectivity index (χ1) is 15.0. The van der Waals surface area contributed by atoms with E-state index in [2.05, 4.69) is 26.0 Å². The van der Waals surface area contributed by atoms with Gasteiger partial charge in [0.05, 0.1) is 28.7 Å². The van der Waals surface area contributed by atoms with Gasteiger partial charge in [-0.1, -0.05) is 13.8 Å². The van der Waals surface area contributed by atoms with Crippen LogP contribution in [-0.2, 0) is 17.5 Å². The predicted octanol–water partition coefficient (Wildman–Crippen LogP) is 2.68. The van der Waals surface area contributed by atoms with E-state index in [0.717, 1.165) is 17.5 Å². The van der Waals surface area contributed by atoms with Gasteiger partial charge in [0.2, 0.25) is 0 Å². The van der Waals surface area contributed by atoms with Crippen LogP contribution in [0.4, 0.5) is 13.2 Å². The van der Waals surface area contributed by atoms with Crippen molar-refractivity contribution in [3.05, 3.63) is 58.8 Å². The SMILES string of the molecule is Cc1cc(C)n(CC(=O)NNC(=O)c2cnn(-c3ccc(C(F)(F)F)cn3)c2C(C)C)n1. The highest BCUT2D eigenvalue weighted by Gasteiger charge is 2.31. The average Bonchev–Trinajstić information content (AvgIpc) is 3.29. The predicted molar refractivity (Wildman–Crippen MR) is 108 cm³/mol. The monoisotopic (exact) mass is 449 g/mol. The Labute approximate surface area is 181 Å². The maximum Gasteiger partial charge on any atom is 0.417 e. The normalized spacial score (nSPS) is 11.6. The lowest BCUT2D eigenvalue weighted by Gasteiger charge is -2.13. The second kappa shape index (κ2) is 8.81. The molecule has 2 amide bonds. The van der Waals surface area contributed by atoms with Gasteiger partial charge in [-0.2, -0.15) is 23.4 Å². The molecule has 170 valence electrons. The van der Waals surface area contributed by atoms with Crippen LogP contribution >= 0.6 is 0 Å². The molecule has 0 spiro atoms. The Kier molecular flexibility index (Phi) is 6.32. The highest BCUT2D eigenvalue weighted by atomic mass is 19.4. The number of hydrogen-bond donors (Lipinski definition) is 2. The van der Waals surface area contributed by atoms with Gasteiger partial charge < -0.3 is 0 Å². The fourth-order valence-corrected chi connectivity index (χ4v) is 3.15. The zero-order chi connectivity index (χ0) is 23.6. The average molecular weight is 449 g/mol. The number of hydrogen-bond acceptors (Lipinski definition) is 5. The van der Waals surface area contributed by atoms with Crippen LogP contribution in [0.1, 0.15) is 52.8 Å². The summed E-state index contributed by atoms with van der Waals surface area (Å²) in [5.74, 6) is -1.18. The van der Waals surface area contributed by atoms with E-state index in [1.807, 2.05) is 13.0 Å². The molecule has 9 nitrogen and oxygen atoms in total. The van der Waals surface area contributed by atoms with Crippen LogP contribution in [0.25, 0.3) is 5.82 Å². The molecule has 3 rings (SSSR count). The number of carbonyl (C=O) groups excluding carboxylic acids is 2. The molecule has 0 bridgehead atoms. The summed E-state index contributed by atoms with van der Waals surface area (Å²) in [6.07, 6.45) is -2.52. The number of aryl methyl sites for hydroxylation is 2. The van der Waals surface area contributed by atoms with Gasteiger partial charge in [-0.25, -0.2) is 9.67 Å². The Morgan fingerprint density at radius 3 is 2.38 bits per heavy atom. The summed E-state index contributed by atoms with van der Waals surface area (Å²) >= 11 is 0. The number of nitrogens with one attached hydrogen (secondary N) is 2. The third-order valence-corrected chi connectivity index (χ3v) is 4.60. The van der Waals surface area contributed by atoms with Crippen molar-refractivity contribution < 1.29 is 22.8 Å². The van der Waals surface area contributed by atoms with E-state index >= 15 is 0 Å². The van der Waals surface area contributed by atoms with Crippen LogP contribution in [-0.4, -0.2) is 36.4 Å². The van der Waals surface area contributed by atoms with Gasteiger partial charge in [0.1, 0.15) is 6.54 Å². The summed E-state index contributed by atoms with van der Waals surface area (Å²) in [4.78, 5) is 28.6. The minimum absolute atomic E-state index is 0.0777. The first kappa shape index (κ1) is 23.0. The number of aromatic nitrogens is 5. The molecule has 0 aliphatic carbocycles. The highest BCUT2D eigenvalue weighted by molar-refractivity contribution is 5.96. The smallest absolute Gasteiger partial charge is 0.271 e. The quantitative estimate of drug-likeness (QED) is 0.583. The van der Waals surface area contributed by atoms with E-state index in [1.54, 1.807) is 20.8 Å². The van der Waals surface area contributed by atoms with E-state index in [0.29, 0.717) is 11.9 Å². The largest absolute Gasteiger partial charge is 0.417 e. The maximum absolute atomic E-state index is 12.8. The van der Waals surface area contributed by atoms with E-state index in [4.69, 9.17) is 0 Å². The van der Waals surface area contributed by atoms with Gasteiger partial charge in [-0.05, 0) is 38.0 Å². The Balaban J connectivity index is 1.75. The van der Waals surface area contributed by atoms with E-state index in [9.17, 15) is 22.8 Å². The lowest BCUT2D eigenvalue weighted by molar-refractivity contribution is -0.137. The summed E-state index contributed by atoms with van der Waals surface area (Å²) in [7, 11) is 0. The summed E-state index contributed by atoms with van der Waals surface area (Å²) in [5, 5.41) is 8.30. The van der Waals surface area contributed by atoms with Crippen LogP contribution in [0, 0.1) is 13.8 Å². The van der Waals surface area contributed by atoms with Crippen molar-refractivity contribution >= 4 is 11.8 Å². The summed E-state index contributed by atoms with van der Waals surface area (Å²) in [6, 6.07) is 3.90. The molecule has 0 radical (unpaired) electrons. The Morgan fingerprint density at radius 2 is 1.84 bits per heavy atom. The van der Waals surface area contributed by atoms with Crippen LogP contribution in [0.3, 0.4) is 0 Å². The highest BCUT2D eigenvalue weighted by Crippen LogP contribution is 2.29. The molecule has 3 heterocycles. The molecule has 0 saturated carbocycles. The van der Waals surface area contributed by atoms with Gasteiger partial charge in [-0.3, -0.25) is 25.1 Å². The number of alkyl halides is 3. The molecule has 0 aliphatic rings. The van der Waals surface area contributed by atoms with E-state index < -0.39 is 23.6 Å². The topological polar surface area (TPSA) is 107 Å². The Morgan fingerprint density at radius 1 is 1.12 bits per heavy atom. The van der Waals surface area contributed by atoms with Gasteiger partial charge in [-0.15, -0.1) is 0 Å². The standard InChI is InChI=1S/C20H22F3N7O2/c1-11(2)18-15(9-25-30(18)16-6-5-14(8-24-16)20(21,22)23)19(32)27-26-17(31)10-29-13(4)7-12(3)28-29/h5-9,11H,10H2,1-4H3,(H,26,31)(H,27,32). The molecule has 0 aliphatic heterocycles. The van der Waals surface area contributed by atoms with Crippen LogP contribution < -0.4 is 10.9 Å². The van der Waals surface area contributed by atoms with Crippen molar-refractivity contribution in [1.29, 1.82) is 0 Å². The summed E-state index contributed by atoms with van der Waals surface area (Å²) in [5.41, 5.74) is 5.94.